The van der Waals surface area contributed by atoms with Gasteiger partial charge in [-0.3, -0.25) is 9.69 Å². The summed E-state index contributed by atoms with van der Waals surface area (Å²) in [5.41, 5.74) is 17.8. The van der Waals surface area contributed by atoms with E-state index in [1.165, 1.54) is 14.2 Å². The van der Waals surface area contributed by atoms with Crippen LogP contribution in [0.1, 0.15) is 42.5 Å². The van der Waals surface area contributed by atoms with E-state index >= 15 is 0 Å². The summed E-state index contributed by atoms with van der Waals surface area (Å²) in [7, 11) is 3.01. The zero-order valence-electron chi connectivity index (χ0n) is 15.0. The smallest absolute Gasteiger partial charge is 0.250 e. The highest BCUT2D eigenvalue weighted by Gasteiger charge is 2.44. The predicted octanol–water partition coefficient (Wildman–Crippen LogP) is 0.913. The summed E-state index contributed by atoms with van der Waals surface area (Å²) in [5.74, 6) is 0.560. The number of methoxy groups -OCH3 is 2. The number of amides is 1. The van der Waals surface area contributed by atoms with E-state index in [2.05, 4.69) is 9.98 Å². The number of carbonyl (C=O) groups is 1. The number of hydrogen-bond donors (Lipinski definition) is 3. The first-order chi connectivity index (χ1) is 12.4. The molecule has 0 saturated heterocycles. The molecule has 0 radical (unpaired) electrons. The van der Waals surface area contributed by atoms with Crippen LogP contribution >= 0.6 is 0 Å². The Morgan fingerprint density at radius 2 is 1.73 bits per heavy atom. The molecule has 0 aromatic heterocycles. The molecule has 1 aliphatic heterocycles. The number of nitrogens with zero attached hydrogens (tertiary/aromatic N) is 3. The Balaban J connectivity index is 2.22. The van der Waals surface area contributed by atoms with Crippen LogP contribution in [0.3, 0.4) is 0 Å². The zero-order valence-corrected chi connectivity index (χ0v) is 15.0. The molecule has 0 bridgehead atoms. The molecule has 26 heavy (non-hydrogen) atoms. The number of benzene rings is 1. The first kappa shape index (κ1) is 17.8. The number of aliphatic imine (C=N–C) groups is 2. The normalized spacial score (nSPS) is 18.9. The topological polar surface area (TPSA) is 142 Å². The Kier molecular flexibility index (Phi) is 4.62. The minimum atomic E-state index is -0.683. The van der Waals surface area contributed by atoms with Crippen molar-refractivity contribution in [2.75, 3.05) is 19.1 Å². The molecular weight excluding hydrogens is 336 g/mol. The molecule has 3 rings (SSSR count). The van der Waals surface area contributed by atoms with E-state index < -0.39 is 11.6 Å². The van der Waals surface area contributed by atoms with Gasteiger partial charge in [-0.2, -0.15) is 4.99 Å². The van der Waals surface area contributed by atoms with Gasteiger partial charge in [0.2, 0.25) is 11.9 Å². The molecule has 140 valence electrons. The Labute approximate surface area is 151 Å². The summed E-state index contributed by atoms with van der Waals surface area (Å²) in [6.07, 6.45) is 4.54. The van der Waals surface area contributed by atoms with Crippen molar-refractivity contribution >= 4 is 23.5 Å². The molecule has 9 heteroatoms. The first-order valence-corrected chi connectivity index (χ1v) is 8.47. The van der Waals surface area contributed by atoms with Gasteiger partial charge in [0, 0.05) is 6.07 Å². The molecule has 1 fully saturated rings. The van der Waals surface area contributed by atoms with E-state index in [1.807, 2.05) is 0 Å². The van der Waals surface area contributed by atoms with Crippen molar-refractivity contribution < 1.29 is 14.3 Å². The number of anilines is 1. The molecule has 2 aliphatic rings. The number of guanidine groups is 2. The highest BCUT2D eigenvalue weighted by molar-refractivity contribution is 6.10. The van der Waals surface area contributed by atoms with E-state index in [0.29, 0.717) is 17.2 Å². The van der Waals surface area contributed by atoms with Gasteiger partial charge in [-0.25, -0.2) is 4.99 Å². The van der Waals surface area contributed by atoms with Crippen molar-refractivity contribution in [1.29, 1.82) is 0 Å². The molecule has 6 N–H and O–H groups in total. The van der Waals surface area contributed by atoms with Crippen LogP contribution in [0.4, 0.5) is 5.69 Å². The van der Waals surface area contributed by atoms with E-state index in [9.17, 15) is 4.79 Å². The number of hydrogen-bond acceptors (Lipinski definition) is 8. The molecule has 1 aromatic rings. The zero-order chi connectivity index (χ0) is 18.9. The molecule has 1 heterocycles. The number of ether oxygens (including phenoxy) is 2. The summed E-state index contributed by atoms with van der Waals surface area (Å²) < 4.78 is 10.7. The van der Waals surface area contributed by atoms with Crippen LogP contribution in [-0.2, 0) is 0 Å². The van der Waals surface area contributed by atoms with Gasteiger partial charge in [-0.1, -0.05) is 6.42 Å². The standard InChI is InChI=1S/C17H24N6O3/c1-25-12-8-10(14(18)24)11(9-13(12)26-2)23-16(20)21-15(19)22-17(23)6-4-3-5-7-17/h8-9H,3-7H2,1-2H3,(H2,18,24)(H4,19,20,21,22). The highest BCUT2D eigenvalue weighted by atomic mass is 16.5. The molecule has 1 spiro atoms. The molecule has 9 nitrogen and oxygen atoms in total. The number of carbonyl (C=O) groups excluding carboxylic acids is 1. The second kappa shape index (κ2) is 6.74. The second-order valence-electron chi connectivity index (χ2n) is 6.41. The summed E-state index contributed by atoms with van der Waals surface area (Å²) in [6, 6.07) is 3.22. The van der Waals surface area contributed by atoms with Crippen LogP contribution in [0.5, 0.6) is 11.5 Å². The van der Waals surface area contributed by atoms with Crippen molar-refractivity contribution in [2.24, 2.45) is 27.2 Å². The average Bonchev–Trinajstić information content (AvgIpc) is 2.60. The van der Waals surface area contributed by atoms with Crippen LogP contribution in [0, 0.1) is 0 Å². The fourth-order valence-electron chi connectivity index (χ4n) is 3.72. The first-order valence-electron chi connectivity index (χ1n) is 8.47. The molecule has 0 unspecified atom stereocenters. The molecule has 1 amide bonds. The Morgan fingerprint density at radius 3 is 2.31 bits per heavy atom. The Morgan fingerprint density at radius 1 is 1.12 bits per heavy atom. The van der Waals surface area contributed by atoms with Crippen molar-refractivity contribution in [3.05, 3.63) is 17.7 Å². The van der Waals surface area contributed by atoms with Crippen molar-refractivity contribution in [3.63, 3.8) is 0 Å². The summed E-state index contributed by atoms with van der Waals surface area (Å²) >= 11 is 0. The monoisotopic (exact) mass is 360 g/mol. The second-order valence-corrected chi connectivity index (χ2v) is 6.41. The third kappa shape index (κ3) is 2.89. The fourth-order valence-corrected chi connectivity index (χ4v) is 3.72. The van der Waals surface area contributed by atoms with Gasteiger partial charge in [0.1, 0.15) is 5.66 Å². The van der Waals surface area contributed by atoms with Gasteiger partial charge in [-0.05, 0) is 31.7 Å². The number of primary amides is 1. The lowest BCUT2D eigenvalue weighted by Crippen LogP contribution is -2.58. The van der Waals surface area contributed by atoms with Gasteiger partial charge in [-0.15, -0.1) is 0 Å². The van der Waals surface area contributed by atoms with Gasteiger partial charge >= 0.3 is 0 Å². The van der Waals surface area contributed by atoms with E-state index in [0.717, 1.165) is 32.1 Å². The Bertz CT molecular complexity index is 783. The van der Waals surface area contributed by atoms with Gasteiger partial charge < -0.3 is 26.7 Å². The molecular formula is C17H24N6O3. The lowest BCUT2D eigenvalue weighted by atomic mass is 9.87. The minimum absolute atomic E-state index is 0.141. The lowest BCUT2D eigenvalue weighted by Gasteiger charge is -2.46. The fraction of sp³-hybridized carbons (Fsp3) is 0.471. The van der Waals surface area contributed by atoms with Crippen LogP contribution in [0.15, 0.2) is 22.1 Å². The third-order valence-corrected chi connectivity index (χ3v) is 4.86. The van der Waals surface area contributed by atoms with Crippen molar-refractivity contribution in [1.82, 2.24) is 0 Å². The van der Waals surface area contributed by atoms with Crippen LogP contribution in [-0.4, -0.2) is 37.7 Å². The molecule has 1 saturated carbocycles. The summed E-state index contributed by atoms with van der Waals surface area (Å²) in [6.45, 7) is 0. The SMILES string of the molecule is COc1cc(C(N)=O)c(N2C(N)=NC(N)=NC23CCCCC3)cc1OC. The highest BCUT2D eigenvalue weighted by Crippen LogP contribution is 2.43. The van der Waals surface area contributed by atoms with E-state index in [1.54, 1.807) is 17.0 Å². The van der Waals surface area contributed by atoms with Crippen molar-refractivity contribution in [3.8, 4) is 11.5 Å². The van der Waals surface area contributed by atoms with Gasteiger partial charge in [0.05, 0.1) is 25.5 Å². The maximum absolute atomic E-state index is 12.1. The van der Waals surface area contributed by atoms with Crippen LogP contribution in [0.25, 0.3) is 0 Å². The predicted molar refractivity (Wildman–Crippen MR) is 99.6 cm³/mol. The molecule has 0 atom stereocenters. The molecule has 1 aliphatic carbocycles. The summed E-state index contributed by atoms with van der Waals surface area (Å²) in [4.78, 5) is 22.6. The number of nitrogens with two attached hydrogens (primary N) is 3. The van der Waals surface area contributed by atoms with E-state index in [4.69, 9.17) is 26.7 Å². The lowest BCUT2D eigenvalue weighted by molar-refractivity contribution is 0.1000. The summed E-state index contributed by atoms with van der Waals surface area (Å²) in [5, 5.41) is 0. The van der Waals surface area contributed by atoms with E-state index in [-0.39, 0.29) is 17.5 Å². The van der Waals surface area contributed by atoms with Gasteiger partial charge in [0.25, 0.3) is 5.91 Å². The molecule has 1 aromatic carbocycles. The van der Waals surface area contributed by atoms with Gasteiger partial charge in [0.15, 0.2) is 11.5 Å². The third-order valence-electron chi connectivity index (χ3n) is 4.86. The van der Waals surface area contributed by atoms with Crippen LogP contribution in [0.2, 0.25) is 0 Å². The Hall–Kier alpha value is -2.97. The quantitative estimate of drug-likeness (QED) is 0.728. The van der Waals surface area contributed by atoms with Crippen molar-refractivity contribution in [2.45, 2.75) is 37.8 Å². The average molecular weight is 360 g/mol. The van der Waals surface area contributed by atoms with Crippen LogP contribution < -0.4 is 31.6 Å². The minimum Gasteiger partial charge on any atom is -0.493 e. The largest absolute Gasteiger partial charge is 0.493 e. The maximum Gasteiger partial charge on any atom is 0.250 e. The number of rotatable bonds is 4. The maximum atomic E-state index is 12.1.